The van der Waals surface area contributed by atoms with Crippen molar-refractivity contribution >= 4 is 29.3 Å². The van der Waals surface area contributed by atoms with Gasteiger partial charge >= 0.3 is 0 Å². The van der Waals surface area contributed by atoms with Crippen LogP contribution in [0.5, 0.6) is 0 Å². The first-order chi connectivity index (χ1) is 9.94. The van der Waals surface area contributed by atoms with Crippen LogP contribution >= 0.6 is 11.8 Å². The van der Waals surface area contributed by atoms with Gasteiger partial charge in [-0.25, -0.2) is 9.97 Å². The van der Waals surface area contributed by atoms with Crippen molar-refractivity contribution in [1.82, 2.24) is 15.0 Å². The Morgan fingerprint density at radius 2 is 1.90 bits per heavy atom. The Labute approximate surface area is 127 Å². The largest absolute Gasteiger partial charge is 0.368 e. The zero-order valence-corrected chi connectivity index (χ0v) is 12.9. The highest BCUT2D eigenvalue weighted by Gasteiger charge is 2.16. The molecule has 1 amide bonds. The summed E-state index contributed by atoms with van der Waals surface area (Å²) < 4.78 is 0. The Hall–Kier alpha value is -2.15. The zero-order valence-electron chi connectivity index (χ0n) is 12.1. The number of thioether (sulfide) groups is 1. The van der Waals surface area contributed by atoms with Crippen LogP contribution in [0.4, 0.5) is 11.6 Å². The van der Waals surface area contributed by atoms with Crippen LogP contribution in [-0.2, 0) is 4.79 Å². The fourth-order valence-electron chi connectivity index (χ4n) is 1.85. The highest BCUT2D eigenvalue weighted by Crippen LogP contribution is 2.21. The van der Waals surface area contributed by atoms with Gasteiger partial charge in [0.15, 0.2) is 5.16 Å². The topological polar surface area (TPSA) is 93.8 Å². The average molecular weight is 303 g/mol. The SMILES string of the molecule is Cc1cc(C)cc(NC(=O)C(C)Sc2ncnc(N)n2)c1. The first kappa shape index (κ1) is 15.2. The van der Waals surface area contributed by atoms with Gasteiger partial charge in [-0.3, -0.25) is 4.79 Å². The lowest BCUT2D eigenvalue weighted by molar-refractivity contribution is -0.115. The van der Waals surface area contributed by atoms with E-state index in [4.69, 9.17) is 5.73 Å². The maximum Gasteiger partial charge on any atom is 0.237 e. The molecule has 1 aromatic heterocycles. The molecule has 7 heteroatoms. The molecule has 110 valence electrons. The number of nitrogens with two attached hydrogens (primary N) is 1. The summed E-state index contributed by atoms with van der Waals surface area (Å²) in [6.07, 6.45) is 1.33. The summed E-state index contributed by atoms with van der Waals surface area (Å²) in [6.45, 7) is 5.78. The minimum atomic E-state index is -0.340. The number of aryl methyl sites for hydroxylation is 2. The van der Waals surface area contributed by atoms with Gasteiger partial charge in [-0.1, -0.05) is 17.8 Å². The number of hydrogen-bond acceptors (Lipinski definition) is 6. The molecule has 0 radical (unpaired) electrons. The highest BCUT2D eigenvalue weighted by atomic mass is 32.2. The monoisotopic (exact) mass is 303 g/mol. The second-order valence-corrected chi connectivity index (χ2v) is 6.06. The van der Waals surface area contributed by atoms with Crippen molar-refractivity contribution in [2.75, 3.05) is 11.1 Å². The Morgan fingerprint density at radius 3 is 2.52 bits per heavy atom. The summed E-state index contributed by atoms with van der Waals surface area (Å²) in [5, 5.41) is 2.99. The molecular formula is C14H17N5OS. The summed E-state index contributed by atoms with van der Waals surface area (Å²) in [5.41, 5.74) is 8.50. The smallest absolute Gasteiger partial charge is 0.237 e. The van der Waals surface area contributed by atoms with Gasteiger partial charge in [0.05, 0.1) is 5.25 Å². The fourth-order valence-corrected chi connectivity index (χ4v) is 2.59. The number of nitrogen functional groups attached to an aromatic ring is 1. The van der Waals surface area contributed by atoms with Gasteiger partial charge in [0, 0.05) is 5.69 Å². The van der Waals surface area contributed by atoms with E-state index >= 15 is 0 Å². The van der Waals surface area contributed by atoms with Gasteiger partial charge < -0.3 is 11.1 Å². The molecule has 1 unspecified atom stereocenters. The standard InChI is InChI=1S/C14H17N5OS/c1-8-4-9(2)6-11(5-8)18-12(20)10(3)21-14-17-7-16-13(15)19-14/h4-7,10H,1-3H3,(H,18,20)(H2,15,16,17,19). The number of amides is 1. The maximum absolute atomic E-state index is 12.2. The van der Waals surface area contributed by atoms with Crippen molar-refractivity contribution in [2.24, 2.45) is 0 Å². The van der Waals surface area contributed by atoms with Crippen molar-refractivity contribution in [3.8, 4) is 0 Å². The highest BCUT2D eigenvalue weighted by molar-refractivity contribution is 8.00. The van der Waals surface area contributed by atoms with Crippen LogP contribution in [-0.4, -0.2) is 26.1 Å². The molecule has 0 bridgehead atoms. The number of anilines is 2. The third kappa shape index (κ3) is 4.42. The number of hydrogen-bond donors (Lipinski definition) is 2. The van der Waals surface area contributed by atoms with Crippen molar-refractivity contribution in [3.05, 3.63) is 35.7 Å². The first-order valence-electron chi connectivity index (χ1n) is 6.44. The molecule has 0 saturated heterocycles. The fraction of sp³-hybridized carbons (Fsp3) is 0.286. The second-order valence-electron chi connectivity index (χ2n) is 4.75. The Kier molecular flexibility index (Phi) is 4.74. The van der Waals surface area contributed by atoms with Crippen LogP contribution in [0, 0.1) is 13.8 Å². The van der Waals surface area contributed by atoms with Crippen LogP contribution in [0.25, 0.3) is 0 Å². The molecule has 0 spiro atoms. The number of nitrogens with one attached hydrogen (secondary N) is 1. The Balaban J connectivity index is 2.02. The van der Waals surface area contributed by atoms with Crippen LogP contribution in [0.3, 0.4) is 0 Å². The minimum Gasteiger partial charge on any atom is -0.368 e. The van der Waals surface area contributed by atoms with Crippen molar-refractivity contribution in [1.29, 1.82) is 0 Å². The van der Waals surface area contributed by atoms with E-state index in [1.165, 1.54) is 18.1 Å². The van der Waals surface area contributed by atoms with Crippen LogP contribution in [0.15, 0.2) is 29.7 Å². The molecule has 2 rings (SSSR count). The molecule has 1 atom stereocenters. The van der Waals surface area contributed by atoms with Crippen molar-refractivity contribution in [3.63, 3.8) is 0 Å². The van der Waals surface area contributed by atoms with E-state index in [0.29, 0.717) is 5.16 Å². The molecule has 0 fully saturated rings. The third-order valence-corrected chi connectivity index (χ3v) is 3.68. The van der Waals surface area contributed by atoms with Crippen molar-refractivity contribution < 1.29 is 4.79 Å². The third-order valence-electron chi connectivity index (χ3n) is 2.71. The number of rotatable bonds is 4. The summed E-state index contributed by atoms with van der Waals surface area (Å²) >= 11 is 1.24. The molecule has 0 saturated carbocycles. The lowest BCUT2D eigenvalue weighted by atomic mass is 10.1. The predicted molar refractivity (Wildman–Crippen MR) is 84.1 cm³/mol. The number of benzene rings is 1. The van der Waals surface area contributed by atoms with Gasteiger partial charge in [0.25, 0.3) is 0 Å². The maximum atomic E-state index is 12.2. The summed E-state index contributed by atoms with van der Waals surface area (Å²) in [4.78, 5) is 23.9. The number of nitrogens with zero attached hydrogens (tertiary/aromatic N) is 3. The predicted octanol–water partition coefficient (Wildman–Crippen LogP) is 2.19. The molecule has 0 aliphatic rings. The summed E-state index contributed by atoms with van der Waals surface area (Å²) in [6, 6.07) is 5.92. The number of carbonyl (C=O) groups is 1. The van der Waals surface area contributed by atoms with Crippen LogP contribution in [0.1, 0.15) is 18.1 Å². The summed E-state index contributed by atoms with van der Waals surface area (Å²) in [7, 11) is 0. The van der Waals surface area contributed by atoms with Gasteiger partial charge in [-0.15, -0.1) is 0 Å². The van der Waals surface area contributed by atoms with Gasteiger partial charge in [0.1, 0.15) is 6.33 Å². The van der Waals surface area contributed by atoms with E-state index in [0.717, 1.165) is 16.8 Å². The Morgan fingerprint density at radius 1 is 1.24 bits per heavy atom. The molecule has 0 aliphatic carbocycles. The molecule has 3 N–H and O–H groups in total. The van der Waals surface area contributed by atoms with Gasteiger partial charge in [-0.2, -0.15) is 4.98 Å². The average Bonchev–Trinajstić information content (AvgIpc) is 2.37. The number of carbonyl (C=O) groups excluding carboxylic acids is 1. The molecular weight excluding hydrogens is 286 g/mol. The lowest BCUT2D eigenvalue weighted by Gasteiger charge is -2.12. The molecule has 6 nitrogen and oxygen atoms in total. The van der Waals surface area contributed by atoms with Gasteiger partial charge in [-0.05, 0) is 44.0 Å². The quantitative estimate of drug-likeness (QED) is 0.841. The minimum absolute atomic E-state index is 0.107. The lowest BCUT2D eigenvalue weighted by Crippen LogP contribution is -2.22. The molecule has 0 aliphatic heterocycles. The zero-order chi connectivity index (χ0) is 15.4. The molecule has 21 heavy (non-hydrogen) atoms. The van der Waals surface area contributed by atoms with E-state index in [2.05, 4.69) is 26.3 Å². The molecule has 1 heterocycles. The van der Waals surface area contributed by atoms with Crippen molar-refractivity contribution in [2.45, 2.75) is 31.2 Å². The second kappa shape index (κ2) is 6.53. The van der Waals surface area contributed by atoms with E-state index < -0.39 is 0 Å². The first-order valence-corrected chi connectivity index (χ1v) is 7.32. The number of aromatic nitrogens is 3. The molecule has 2 aromatic rings. The van der Waals surface area contributed by atoms with Crippen LogP contribution < -0.4 is 11.1 Å². The van der Waals surface area contributed by atoms with E-state index in [1.54, 1.807) is 6.92 Å². The van der Waals surface area contributed by atoms with E-state index in [1.807, 2.05) is 26.0 Å². The van der Waals surface area contributed by atoms with E-state index in [9.17, 15) is 4.79 Å². The van der Waals surface area contributed by atoms with Crippen LogP contribution in [0.2, 0.25) is 0 Å². The van der Waals surface area contributed by atoms with E-state index in [-0.39, 0.29) is 17.1 Å². The normalized spacial score (nSPS) is 12.0. The molecule has 1 aromatic carbocycles. The van der Waals surface area contributed by atoms with Gasteiger partial charge in [0.2, 0.25) is 11.9 Å². The summed E-state index contributed by atoms with van der Waals surface area (Å²) in [5.74, 6) is 0.0402. The Bertz CT molecular complexity index is 641.